The number of allylic oxidation sites excluding steroid dienone is 1. The summed E-state index contributed by atoms with van der Waals surface area (Å²) >= 11 is 1.12. The van der Waals surface area contributed by atoms with Gasteiger partial charge in [-0.2, -0.15) is 0 Å². The molecule has 294 valence electrons. The summed E-state index contributed by atoms with van der Waals surface area (Å²) in [6.45, 7) is 1.43. The lowest BCUT2D eigenvalue weighted by Gasteiger charge is -2.30. The van der Waals surface area contributed by atoms with Crippen LogP contribution in [0, 0.1) is 17.6 Å². The summed E-state index contributed by atoms with van der Waals surface area (Å²) in [5, 5.41) is 7.03. The molecule has 13 nitrogen and oxygen atoms in total. The van der Waals surface area contributed by atoms with Gasteiger partial charge in [-0.25, -0.2) is 22.2 Å². The van der Waals surface area contributed by atoms with Crippen LogP contribution in [0.3, 0.4) is 0 Å². The molecule has 5 atom stereocenters. The maximum Gasteiger partial charge on any atom is 0.263 e. The van der Waals surface area contributed by atoms with Crippen molar-refractivity contribution in [2.24, 2.45) is 5.92 Å². The highest BCUT2D eigenvalue weighted by molar-refractivity contribution is 7.91. The number of fused-ring (bicyclic) bond motifs is 5. The second-order valence-corrected chi connectivity index (χ2v) is 18.4. The number of rotatable bonds is 7. The van der Waals surface area contributed by atoms with E-state index in [9.17, 15) is 36.4 Å². The summed E-state index contributed by atoms with van der Waals surface area (Å²) < 4.78 is 62.8. The molecule has 2 aliphatic heterocycles. The number of pyridine rings is 1. The van der Waals surface area contributed by atoms with E-state index in [1.165, 1.54) is 53.0 Å². The molecule has 3 fully saturated rings. The largest absolute Gasteiger partial charge is 0.472 e. The van der Waals surface area contributed by atoms with E-state index in [1.54, 1.807) is 6.92 Å². The second-order valence-electron chi connectivity index (χ2n) is 15.4. The molecule has 4 aliphatic rings. The first-order chi connectivity index (χ1) is 26.8. The van der Waals surface area contributed by atoms with Crippen LogP contribution in [0.1, 0.15) is 74.4 Å². The molecule has 0 spiro atoms. The van der Waals surface area contributed by atoms with E-state index in [2.05, 4.69) is 25.3 Å². The van der Waals surface area contributed by atoms with Crippen LogP contribution in [-0.2, 0) is 24.4 Å². The highest BCUT2D eigenvalue weighted by atomic mass is 32.2. The van der Waals surface area contributed by atoms with E-state index in [-0.39, 0.29) is 37.2 Å². The molecule has 8 rings (SSSR count). The van der Waals surface area contributed by atoms with Gasteiger partial charge in [-0.3, -0.25) is 28.9 Å². The van der Waals surface area contributed by atoms with Crippen molar-refractivity contribution in [1.82, 2.24) is 30.2 Å². The number of sulfonamides is 1. The Morgan fingerprint density at radius 1 is 1.04 bits per heavy atom. The minimum absolute atomic E-state index is 0.0377. The van der Waals surface area contributed by atoms with Gasteiger partial charge < -0.3 is 20.3 Å². The first-order valence-electron chi connectivity index (χ1n) is 18.7. The minimum Gasteiger partial charge on any atom is -0.472 e. The zero-order chi connectivity index (χ0) is 39.4. The number of hydrogen-bond donors (Lipinski definition) is 3. The van der Waals surface area contributed by atoms with Gasteiger partial charge in [0.05, 0.1) is 28.5 Å². The third kappa shape index (κ3) is 7.22. The maximum absolute atomic E-state index is 14.6. The first kappa shape index (κ1) is 37.9. The highest BCUT2D eigenvalue weighted by Gasteiger charge is 2.63. The fourth-order valence-electron chi connectivity index (χ4n) is 7.67. The molecule has 4 aromatic rings. The summed E-state index contributed by atoms with van der Waals surface area (Å²) in [6.07, 6.45) is 8.19. The SMILES string of the molecule is CC1(S(=O)(=O)NC(=O)[C@@]23C[C@H]2/C=C\CCCCC[C@H](NC(=O)c2cncs2)C(=O)N2C[C@H](Oc4nc5cc(F)ccc5c5cc(F)ccc45)C[C@H]2C(=O)N3)CC1. The topological polar surface area (TPSA) is 177 Å². The number of halogens is 2. The molecule has 0 radical (unpaired) electrons. The number of aromatic nitrogens is 2. The van der Waals surface area contributed by atoms with E-state index < -0.39 is 79.7 Å². The molecule has 17 heteroatoms. The van der Waals surface area contributed by atoms with Crippen LogP contribution < -0.4 is 20.1 Å². The van der Waals surface area contributed by atoms with E-state index >= 15 is 0 Å². The molecule has 2 saturated carbocycles. The number of ether oxygens (including phenoxy) is 1. The van der Waals surface area contributed by atoms with Crippen molar-refractivity contribution in [2.75, 3.05) is 6.54 Å². The zero-order valence-corrected chi connectivity index (χ0v) is 32.1. The summed E-state index contributed by atoms with van der Waals surface area (Å²) in [5.74, 6) is -4.11. The molecule has 2 aliphatic carbocycles. The zero-order valence-electron chi connectivity index (χ0n) is 30.4. The molecule has 0 bridgehead atoms. The van der Waals surface area contributed by atoms with Crippen LogP contribution in [0.4, 0.5) is 8.78 Å². The highest BCUT2D eigenvalue weighted by Crippen LogP contribution is 2.47. The Hall–Kier alpha value is -5.03. The van der Waals surface area contributed by atoms with Crippen LogP contribution in [0.2, 0.25) is 0 Å². The summed E-state index contributed by atoms with van der Waals surface area (Å²) in [5.41, 5.74) is 0.134. The Kier molecular flexibility index (Phi) is 9.79. The standard InChI is InChI=1S/C39H40F2N6O7S2/c1-38(13-14-38)56(52,53)46-37(51)39-18-22(39)7-5-3-2-4-6-8-29(43-34(49)32-19-42-21-55-32)36(50)47-20-25(17-31(47)33(48)45-39)54-35-27-12-10-23(40)15-28(27)26-11-9-24(41)16-30(26)44-35/h5,7,9-12,15-16,19,21-22,25,29,31H,2-4,6,8,13-14,17-18,20H2,1H3,(H,43,49)(H,45,48)(H,46,51)/b7-5-/t22-,25-,29+,31+,39-/m1/s1. The average Bonchev–Trinajstić information content (AvgIpc) is 3.90. The van der Waals surface area contributed by atoms with Crippen LogP contribution in [0.5, 0.6) is 5.88 Å². The normalized spacial score (nSPS) is 26.9. The third-order valence-electron chi connectivity index (χ3n) is 11.4. The number of carbonyl (C=O) groups excluding carboxylic acids is 4. The number of thiazole rings is 1. The van der Waals surface area contributed by atoms with Crippen LogP contribution in [-0.4, -0.2) is 81.9 Å². The van der Waals surface area contributed by atoms with Gasteiger partial charge in [0.15, 0.2) is 0 Å². The number of carbonyl (C=O) groups is 4. The van der Waals surface area contributed by atoms with Crippen molar-refractivity contribution in [3.63, 3.8) is 0 Å². The molecule has 2 aromatic heterocycles. The smallest absolute Gasteiger partial charge is 0.263 e. The Morgan fingerprint density at radius 3 is 2.55 bits per heavy atom. The Labute approximate surface area is 325 Å². The Bertz CT molecular complexity index is 2390. The molecule has 56 heavy (non-hydrogen) atoms. The molecule has 1 saturated heterocycles. The van der Waals surface area contributed by atoms with Gasteiger partial charge in [0, 0.05) is 29.2 Å². The monoisotopic (exact) mass is 806 g/mol. The molecular weight excluding hydrogens is 767 g/mol. The van der Waals surface area contributed by atoms with Crippen molar-refractivity contribution < 1.29 is 41.1 Å². The van der Waals surface area contributed by atoms with Crippen molar-refractivity contribution in [3.8, 4) is 5.88 Å². The second kappa shape index (κ2) is 14.5. The van der Waals surface area contributed by atoms with Gasteiger partial charge in [-0.1, -0.05) is 25.0 Å². The lowest BCUT2D eigenvalue weighted by atomic mass is 10.0. The van der Waals surface area contributed by atoms with Crippen LogP contribution >= 0.6 is 11.3 Å². The average molecular weight is 807 g/mol. The lowest BCUT2D eigenvalue weighted by Crippen LogP contribution is -2.58. The molecule has 0 unspecified atom stereocenters. The first-order valence-corrected chi connectivity index (χ1v) is 21.0. The van der Waals surface area contributed by atoms with Gasteiger partial charge in [0.1, 0.15) is 40.2 Å². The van der Waals surface area contributed by atoms with E-state index in [0.29, 0.717) is 46.7 Å². The number of hydrogen-bond acceptors (Lipinski definition) is 10. The quantitative estimate of drug-likeness (QED) is 0.177. The molecule has 4 heterocycles. The van der Waals surface area contributed by atoms with Gasteiger partial charge >= 0.3 is 0 Å². The van der Waals surface area contributed by atoms with Crippen LogP contribution in [0.15, 0.2) is 60.3 Å². The predicted octanol–water partition coefficient (Wildman–Crippen LogP) is 4.66. The Morgan fingerprint density at radius 2 is 1.80 bits per heavy atom. The summed E-state index contributed by atoms with van der Waals surface area (Å²) in [6, 6.07) is 5.74. The van der Waals surface area contributed by atoms with Gasteiger partial charge in [-0.05, 0) is 81.2 Å². The maximum atomic E-state index is 14.6. The number of nitrogens with one attached hydrogen (secondary N) is 3. The molecule has 2 aromatic carbocycles. The van der Waals surface area contributed by atoms with Gasteiger partial charge in [-0.15, -0.1) is 11.3 Å². The number of benzene rings is 2. The van der Waals surface area contributed by atoms with Gasteiger partial charge in [0.25, 0.3) is 11.8 Å². The number of nitrogens with zero attached hydrogens (tertiary/aromatic N) is 3. The number of amides is 4. The van der Waals surface area contributed by atoms with E-state index in [1.807, 2.05) is 12.2 Å². The van der Waals surface area contributed by atoms with Crippen molar-refractivity contribution in [1.29, 1.82) is 0 Å². The van der Waals surface area contributed by atoms with Crippen LogP contribution in [0.25, 0.3) is 21.7 Å². The van der Waals surface area contributed by atoms with Crippen molar-refractivity contribution >= 4 is 66.7 Å². The van der Waals surface area contributed by atoms with E-state index in [4.69, 9.17) is 4.74 Å². The van der Waals surface area contributed by atoms with E-state index in [0.717, 1.165) is 24.2 Å². The predicted molar refractivity (Wildman–Crippen MR) is 203 cm³/mol. The van der Waals surface area contributed by atoms with Gasteiger partial charge in [0.2, 0.25) is 27.7 Å². The minimum atomic E-state index is -4.03. The molecular formula is C39H40F2N6O7S2. The van der Waals surface area contributed by atoms with Crippen molar-refractivity contribution in [3.05, 3.63) is 76.8 Å². The summed E-state index contributed by atoms with van der Waals surface area (Å²) in [7, 11) is -4.03. The summed E-state index contributed by atoms with van der Waals surface area (Å²) in [4.78, 5) is 66.3. The third-order valence-corrected chi connectivity index (χ3v) is 14.3. The fourth-order valence-corrected chi connectivity index (χ4v) is 9.51. The lowest BCUT2D eigenvalue weighted by molar-refractivity contribution is -0.141. The fraction of sp³-hybridized carbons (Fsp3) is 0.436. The molecule has 3 N–H and O–H groups in total. The molecule has 4 amide bonds. The Balaban J connectivity index is 1.14. The van der Waals surface area contributed by atoms with Crippen molar-refractivity contribution in [2.45, 2.75) is 93.2 Å².